The molecule has 1 aromatic carbocycles. The van der Waals surface area contributed by atoms with E-state index in [1.165, 1.54) is 33.1 Å². The lowest BCUT2D eigenvalue weighted by atomic mass is 9.77. The van der Waals surface area contributed by atoms with E-state index in [0.717, 1.165) is 6.08 Å². The molecule has 12 nitrogen and oxygen atoms in total. The predicted molar refractivity (Wildman–Crippen MR) is 182 cm³/mol. The number of hydrogen-bond acceptors (Lipinski definition) is 11. The Kier molecular flexibility index (Phi) is 10.1. The summed E-state index contributed by atoms with van der Waals surface area (Å²) >= 11 is 0. The Morgan fingerprint density at radius 1 is 0.880 bits per heavy atom. The van der Waals surface area contributed by atoms with Gasteiger partial charge in [-0.05, 0) is 33.8 Å². The average molecular weight is 694 g/mol. The Morgan fingerprint density at radius 2 is 1.52 bits per heavy atom. The number of fused-ring (bicyclic) bond motifs is 10. The molecule has 0 radical (unpaired) electrons. The fraction of sp³-hybridized carbons (Fsp3) is 0.526. The first-order valence-corrected chi connectivity index (χ1v) is 16.8. The van der Waals surface area contributed by atoms with E-state index in [0.29, 0.717) is 0 Å². The third-order valence-corrected chi connectivity index (χ3v) is 10.3. The van der Waals surface area contributed by atoms with Crippen molar-refractivity contribution in [3.05, 3.63) is 70.2 Å². The van der Waals surface area contributed by atoms with Crippen LogP contribution in [0.2, 0.25) is 0 Å². The van der Waals surface area contributed by atoms with Gasteiger partial charge >= 0.3 is 5.79 Å². The minimum Gasteiger partial charge on any atom is -0.507 e. The van der Waals surface area contributed by atoms with Crippen LogP contribution in [-0.2, 0) is 23.7 Å². The first-order chi connectivity index (χ1) is 23.3. The van der Waals surface area contributed by atoms with Gasteiger partial charge in [0.15, 0.2) is 11.6 Å². The zero-order valence-corrected chi connectivity index (χ0v) is 30.2. The van der Waals surface area contributed by atoms with Crippen molar-refractivity contribution in [2.24, 2.45) is 23.7 Å². The highest BCUT2D eigenvalue weighted by Crippen LogP contribution is 2.48. The van der Waals surface area contributed by atoms with Crippen molar-refractivity contribution in [3.8, 4) is 11.5 Å². The van der Waals surface area contributed by atoms with Gasteiger partial charge in [0.25, 0.3) is 11.7 Å². The zero-order chi connectivity index (χ0) is 37.0. The van der Waals surface area contributed by atoms with Crippen LogP contribution in [0.5, 0.6) is 11.5 Å². The number of ketones is 3. The molecule has 5 aliphatic rings. The number of allylic oxidation sites excluding steroid dienone is 4. The van der Waals surface area contributed by atoms with Gasteiger partial charge in [0, 0.05) is 54.9 Å². The van der Waals surface area contributed by atoms with Gasteiger partial charge < -0.3 is 39.2 Å². The van der Waals surface area contributed by atoms with Crippen LogP contribution in [0.3, 0.4) is 0 Å². The molecule has 6 rings (SSSR count). The number of aliphatic hydroxyl groups excluding tert-OH is 1. The second kappa shape index (κ2) is 13.6. The summed E-state index contributed by atoms with van der Waals surface area (Å²) in [4.78, 5) is 54.2. The average Bonchev–Trinajstić information content (AvgIpc) is 3.32. The number of methoxy groups -OCH3 is 1. The summed E-state index contributed by atoms with van der Waals surface area (Å²) in [5.41, 5.74) is -1.02. The maximum absolute atomic E-state index is 13.9. The molecule has 1 fully saturated rings. The molecule has 9 atom stereocenters. The second-order valence-electron chi connectivity index (χ2n) is 14.4. The zero-order valence-electron chi connectivity index (χ0n) is 30.2. The summed E-state index contributed by atoms with van der Waals surface area (Å²) in [6.07, 6.45) is 6.66. The molecule has 3 N–H and O–H groups in total. The minimum absolute atomic E-state index is 0.0561. The van der Waals surface area contributed by atoms with Gasteiger partial charge in [-0.3, -0.25) is 19.2 Å². The molecule has 1 saturated heterocycles. The van der Waals surface area contributed by atoms with Gasteiger partial charge in [0.05, 0.1) is 53.1 Å². The second-order valence-corrected chi connectivity index (χ2v) is 14.4. The van der Waals surface area contributed by atoms with Crippen LogP contribution in [0.1, 0.15) is 92.0 Å². The van der Waals surface area contributed by atoms with E-state index in [1.807, 2.05) is 41.5 Å². The number of benzene rings is 1. The topological polar surface area (TPSA) is 167 Å². The van der Waals surface area contributed by atoms with Crippen LogP contribution in [0.25, 0.3) is 0 Å². The lowest BCUT2D eigenvalue weighted by Crippen LogP contribution is -2.57. The number of Topliss-reactive ketones (excluding diaryl/α,β-unsaturated/α-hetero) is 2. The molecule has 4 heterocycles. The van der Waals surface area contributed by atoms with Gasteiger partial charge in [-0.2, -0.15) is 0 Å². The standard InChI is InChI=1S/C38H47NO11/c1-17-12-11-13-18(2)36(45)39-23-16-24(40)26-27(31(23)43)30(42)21(5)34-28(26)35(44)38(9,50-34)47-15-14-25(46-10)19(3)32-22(6)33(20(4)29(17)41)49-37(7,8)48-32/h11-17,19-20,22,25,29,32-33,41-42H,1-10H3,(H,39,45). The van der Waals surface area contributed by atoms with Gasteiger partial charge in [0.2, 0.25) is 5.78 Å². The van der Waals surface area contributed by atoms with Gasteiger partial charge in [-0.1, -0.05) is 45.9 Å². The van der Waals surface area contributed by atoms with Crippen LogP contribution in [-0.4, -0.2) is 76.6 Å². The van der Waals surface area contributed by atoms with Crippen molar-refractivity contribution in [2.75, 3.05) is 7.11 Å². The molecular formula is C38H47NO11. The maximum atomic E-state index is 13.9. The molecule has 0 spiro atoms. The van der Waals surface area contributed by atoms with Crippen molar-refractivity contribution >= 4 is 23.3 Å². The lowest BCUT2D eigenvalue weighted by molar-refractivity contribution is -0.341. The number of ether oxygens (including phenoxy) is 5. The number of nitrogens with one attached hydrogen (secondary N) is 1. The number of amides is 1. The number of phenolic OH excluding ortho intramolecular Hbond substituents is 1. The van der Waals surface area contributed by atoms with Crippen LogP contribution < -0.4 is 10.1 Å². The molecule has 50 heavy (non-hydrogen) atoms. The minimum atomic E-state index is -1.95. The third kappa shape index (κ3) is 6.45. The Balaban J connectivity index is 1.59. The first-order valence-electron chi connectivity index (χ1n) is 16.8. The lowest BCUT2D eigenvalue weighted by Gasteiger charge is -2.50. The highest BCUT2D eigenvalue weighted by molar-refractivity contribution is 6.30. The Bertz CT molecular complexity index is 1740. The van der Waals surface area contributed by atoms with E-state index in [2.05, 4.69) is 5.32 Å². The van der Waals surface area contributed by atoms with Crippen molar-refractivity contribution in [1.82, 2.24) is 5.32 Å². The Morgan fingerprint density at radius 3 is 2.16 bits per heavy atom. The Hall–Kier alpha value is -4.10. The van der Waals surface area contributed by atoms with E-state index in [1.54, 1.807) is 25.3 Å². The van der Waals surface area contributed by atoms with E-state index in [9.17, 15) is 29.4 Å². The Labute approximate surface area is 292 Å². The molecule has 1 aliphatic carbocycles. The molecule has 0 aromatic heterocycles. The highest BCUT2D eigenvalue weighted by atomic mass is 16.7. The third-order valence-electron chi connectivity index (χ3n) is 10.3. The highest BCUT2D eigenvalue weighted by Gasteiger charge is 2.52. The summed E-state index contributed by atoms with van der Waals surface area (Å²) in [7, 11) is 1.55. The van der Waals surface area contributed by atoms with E-state index < -0.39 is 58.4 Å². The summed E-state index contributed by atoms with van der Waals surface area (Å²) in [5, 5.41) is 25.0. The molecule has 1 aromatic rings. The first kappa shape index (κ1) is 37.2. The molecule has 4 aliphatic heterocycles. The largest absolute Gasteiger partial charge is 0.507 e. The maximum Gasteiger partial charge on any atom is 0.312 e. The number of phenols is 1. The number of aliphatic hydroxyl groups is 1. The smallest absolute Gasteiger partial charge is 0.312 e. The molecule has 270 valence electrons. The summed E-state index contributed by atoms with van der Waals surface area (Å²) < 4.78 is 30.6. The van der Waals surface area contributed by atoms with Crippen LogP contribution >= 0.6 is 0 Å². The van der Waals surface area contributed by atoms with Crippen LogP contribution in [0, 0.1) is 30.6 Å². The fourth-order valence-electron chi connectivity index (χ4n) is 7.31. The molecule has 9 unspecified atom stereocenters. The predicted octanol–water partition coefficient (Wildman–Crippen LogP) is 4.86. The fourth-order valence-corrected chi connectivity index (χ4v) is 7.31. The van der Waals surface area contributed by atoms with Crippen LogP contribution in [0.4, 0.5) is 0 Å². The number of hydrogen-bond donors (Lipinski definition) is 3. The number of carbonyl (C=O) groups excluding carboxylic acids is 4. The molecular weight excluding hydrogens is 646 g/mol. The van der Waals surface area contributed by atoms with E-state index in [-0.39, 0.29) is 69.6 Å². The quantitative estimate of drug-likeness (QED) is 0.368. The molecule has 0 saturated carbocycles. The normalized spacial score (nSPS) is 34.5. The summed E-state index contributed by atoms with van der Waals surface area (Å²) in [6.45, 7) is 15.8. The van der Waals surface area contributed by atoms with Gasteiger partial charge in [-0.25, -0.2) is 0 Å². The van der Waals surface area contributed by atoms with Crippen LogP contribution in [0.15, 0.2) is 47.9 Å². The van der Waals surface area contributed by atoms with E-state index >= 15 is 0 Å². The number of carbonyl (C=O) groups is 4. The molecule has 1 amide bonds. The monoisotopic (exact) mass is 693 g/mol. The summed E-state index contributed by atoms with van der Waals surface area (Å²) in [6, 6.07) is 0. The molecule has 7 bridgehead atoms. The van der Waals surface area contributed by atoms with E-state index in [4.69, 9.17) is 23.7 Å². The van der Waals surface area contributed by atoms with Gasteiger partial charge in [0.1, 0.15) is 11.5 Å². The van der Waals surface area contributed by atoms with Crippen molar-refractivity contribution in [2.45, 2.75) is 98.3 Å². The summed E-state index contributed by atoms with van der Waals surface area (Å²) in [5.74, 6) is -7.64. The SMILES string of the molecule is COC1C=COC2(C)Oc3c(C)c(O)c4c(c3C2=O)C(=O)C=C(NC(=O)C(C)=CC=CC(C)C(O)C(C)C2OC(C)(C)OC(C1C)C2C)C4=O. The van der Waals surface area contributed by atoms with Crippen molar-refractivity contribution in [1.29, 1.82) is 0 Å². The van der Waals surface area contributed by atoms with Crippen molar-refractivity contribution < 1.29 is 53.1 Å². The number of rotatable bonds is 1. The molecule has 12 heteroatoms. The number of aromatic hydroxyl groups is 1. The van der Waals surface area contributed by atoms with Crippen molar-refractivity contribution in [3.63, 3.8) is 0 Å². The van der Waals surface area contributed by atoms with Gasteiger partial charge in [-0.15, -0.1) is 0 Å².